The molecule has 2 heterocycles. The van der Waals surface area contributed by atoms with Crippen LogP contribution >= 0.6 is 0 Å². The van der Waals surface area contributed by atoms with Gasteiger partial charge in [-0.05, 0) is 36.8 Å². The molecule has 1 aromatic heterocycles. The molecule has 0 saturated carbocycles. The van der Waals surface area contributed by atoms with Gasteiger partial charge < -0.3 is 20.1 Å². The van der Waals surface area contributed by atoms with E-state index in [-0.39, 0.29) is 30.1 Å². The molecule has 29 heavy (non-hydrogen) atoms. The molecule has 7 nitrogen and oxygen atoms in total. The minimum Gasteiger partial charge on any atom is -0.454 e. The van der Waals surface area contributed by atoms with Crippen molar-refractivity contribution in [3.8, 4) is 11.5 Å². The molecule has 2 amide bonds. The van der Waals surface area contributed by atoms with E-state index in [2.05, 4.69) is 15.6 Å². The van der Waals surface area contributed by atoms with Crippen molar-refractivity contribution in [3.63, 3.8) is 0 Å². The Kier molecular flexibility index (Phi) is 5.11. The van der Waals surface area contributed by atoms with Gasteiger partial charge >= 0.3 is 0 Å². The number of ether oxygens (including phenoxy) is 2. The summed E-state index contributed by atoms with van der Waals surface area (Å²) in [5.41, 5.74) is 1.85. The molecular formula is C22H19N3O4. The maximum Gasteiger partial charge on any atom is 0.274 e. The lowest BCUT2D eigenvalue weighted by atomic mass is 10.1. The van der Waals surface area contributed by atoms with Crippen molar-refractivity contribution in [1.29, 1.82) is 0 Å². The van der Waals surface area contributed by atoms with Gasteiger partial charge in [0.1, 0.15) is 11.4 Å². The van der Waals surface area contributed by atoms with Crippen molar-refractivity contribution in [3.05, 3.63) is 83.7 Å². The van der Waals surface area contributed by atoms with Crippen LogP contribution in [0, 0.1) is 0 Å². The van der Waals surface area contributed by atoms with Gasteiger partial charge in [0.05, 0.1) is 6.04 Å². The fourth-order valence-corrected chi connectivity index (χ4v) is 2.95. The molecule has 1 aliphatic heterocycles. The SMILES string of the molecule is CC(NC(=O)c1cccc(C(=O)Nc2ccc3c(c2)OCO3)n1)c1ccccc1. The Labute approximate surface area is 167 Å². The van der Waals surface area contributed by atoms with Crippen LogP contribution in [0.1, 0.15) is 39.5 Å². The molecule has 1 unspecified atom stereocenters. The third-order valence-corrected chi connectivity index (χ3v) is 4.49. The number of pyridine rings is 1. The summed E-state index contributed by atoms with van der Waals surface area (Å²) < 4.78 is 10.6. The zero-order valence-corrected chi connectivity index (χ0v) is 15.7. The summed E-state index contributed by atoms with van der Waals surface area (Å²) in [5.74, 6) is 0.430. The zero-order chi connectivity index (χ0) is 20.2. The second-order valence-electron chi connectivity index (χ2n) is 6.54. The molecule has 0 fully saturated rings. The number of aromatic nitrogens is 1. The van der Waals surface area contributed by atoms with Crippen LogP contribution in [-0.2, 0) is 0 Å². The predicted molar refractivity (Wildman–Crippen MR) is 107 cm³/mol. The smallest absolute Gasteiger partial charge is 0.274 e. The lowest BCUT2D eigenvalue weighted by Gasteiger charge is -2.14. The predicted octanol–water partition coefficient (Wildman–Crippen LogP) is 3.55. The number of fused-ring (bicyclic) bond motifs is 1. The standard InChI is InChI=1S/C22H19N3O4/c1-14(15-6-3-2-4-7-15)23-21(26)17-8-5-9-18(25-17)22(27)24-16-10-11-19-20(12-16)29-13-28-19/h2-12,14H,13H2,1H3,(H,23,26)(H,24,27). The number of carbonyl (C=O) groups is 2. The molecule has 0 saturated heterocycles. The molecule has 0 aliphatic carbocycles. The first-order chi connectivity index (χ1) is 14.1. The van der Waals surface area contributed by atoms with Crippen molar-refractivity contribution in [2.24, 2.45) is 0 Å². The number of hydrogen-bond acceptors (Lipinski definition) is 5. The number of nitrogens with zero attached hydrogens (tertiary/aromatic N) is 1. The monoisotopic (exact) mass is 389 g/mol. The van der Waals surface area contributed by atoms with E-state index in [1.165, 1.54) is 0 Å². The Bertz CT molecular complexity index is 1050. The first-order valence-corrected chi connectivity index (χ1v) is 9.14. The van der Waals surface area contributed by atoms with Gasteiger partial charge in [0.15, 0.2) is 11.5 Å². The Morgan fingerprint density at radius 2 is 1.62 bits per heavy atom. The first-order valence-electron chi connectivity index (χ1n) is 9.14. The van der Waals surface area contributed by atoms with Crippen LogP contribution in [0.15, 0.2) is 66.7 Å². The van der Waals surface area contributed by atoms with Gasteiger partial charge in [0.25, 0.3) is 11.8 Å². The molecular weight excluding hydrogens is 370 g/mol. The van der Waals surface area contributed by atoms with Crippen LogP contribution in [0.5, 0.6) is 11.5 Å². The summed E-state index contributed by atoms with van der Waals surface area (Å²) in [6.07, 6.45) is 0. The highest BCUT2D eigenvalue weighted by molar-refractivity contribution is 6.04. The van der Waals surface area contributed by atoms with E-state index in [9.17, 15) is 9.59 Å². The Balaban J connectivity index is 1.45. The average Bonchev–Trinajstić information content (AvgIpc) is 3.22. The first kappa shape index (κ1) is 18.5. The van der Waals surface area contributed by atoms with E-state index in [0.717, 1.165) is 5.56 Å². The molecule has 146 valence electrons. The molecule has 2 aromatic carbocycles. The van der Waals surface area contributed by atoms with Crippen LogP contribution in [0.3, 0.4) is 0 Å². The summed E-state index contributed by atoms with van der Waals surface area (Å²) in [5, 5.41) is 5.64. The van der Waals surface area contributed by atoms with Crippen LogP contribution in [0.2, 0.25) is 0 Å². The summed E-state index contributed by atoms with van der Waals surface area (Å²) in [4.78, 5) is 29.3. The van der Waals surface area contributed by atoms with Crippen molar-refractivity contribution in [2.75, 3.05) is 12.1 Å². The largest absolute Gasteiger partial charge is 0.454 e. The summed E-state index contributed by atoms with van der Waals surface area (Å²) in [6, 6.07) is 19.3. The van der Waals surface area contributed by atoms with Gasteiger partial charge in [-0.25, -0.2) is 4.98 Å². The van der Waals surface area contributed by atoms with Crippen molar-refractivity contribution < 1.29 is 19.1 Å². The number of amides is 2. The lowest BCUT2D eigenvalue weighted by molar-refractivity contribution is 0.0934. The van der Waals surface area contributed by atoms with Crippen LogP contribution in [0.25, 0.3) is 0 Å². The number of anilines is 1. The van der Waals surface area contributed by atoms with Crippen molar-refractivity contribution >= 4 is 17.5 Å². The molecule has 0 bridgehead atoms. The van der Waals surface area contributed by atoms with Gasteiger partial charge in [-0.15, -0.1) is 0 Å². The minimum atomic E-state index is -0.422. The molecule has 0 radical (unpaired) electrons. The second-order valence-corrected chi connectivity index (χ2v) is 6.54. The maximum atomic E-state index is 12.6. The third kappa shape index (κ3) is 4.19. The molecule has 1 atom stereocenters. The lowest BCUT2D eigenvalue weighted by Crippen LogP contribution is -2.28. The molecule has 1 aliphatic rings. The van der Waals surface area contributed by atoms with E-state index < -0.39 is 5.91 Å². The van der Waals surface area contributed by atoms with Gasteiger partial charge in [0, 0.05) is 11.8 Å². The fraction of sp³-hybridized carbons (Fsp3) is 0.136. The third-order valence-electron chi connectivity index (χ3n) is 4.49. The second kappa shape index (κ2) is 8.02. The van der Waals surface area contributed by atoms with Gasteiger partial charge in [-0.3, -0.25) is 9.59 Å². The highest BCUT2D eigenvalue weighted by Crippen LogP contribution is 2.34. The Morgan fingerprint density at radius 1 is 0.897 bits per heavy atom. The van der Waals surface area contributed by atoms with E-state index in [1.807, 2.05) is 37.3 Å². The zero-order valence-electron chi connectivity index (χ0n) is 15.7. The maximum absolute atomic E-state index is 12.6. The molecule has 3 aromatic rings. The Hall–Kier alpha value is -3.87. The van der Waals surface area contributed by atoms with Crippen LogP contribution in [0.4, 0.5) is 5.69 Å². The highest BCUT2D eigenvalue weighted by Gasteiger charge is 2.17. The topological polar surface area (TPSA) is 89.6 Å². The molecule has 7 heteroatoms. The number of rotatable bonds is 5. The minimum absolute atomic E-state index is 0.141. The number of benzene rings is 2. The van der Waals surface area contributed by atoms with Gasteiger partial charge in [-0.2, -0.15) is 0 Å². The highest BCUT2D eigenvalue weighted by atomic mass is 16.7. The van der Waals surface area contributed by atoms with Crippen LogP contribution < -0.4 is 20.1 Å². The summed E-state index contributed by atoms with van der Waals surface area (Å²) >= 11 is 0. The number of carbonyl (C=O) groups excluding carboxylic acids is 2. The molecule has 4 rings (SSSR count). The normalized spacial score (nSPS) is 12.9. The Morgan fingerprint density at radius 3 is 2.41 bits per heavy atom. The summed E-state index contributed by atoms with van der Waals surface area (Å²) in [6.45, 7) is 2.05. The number of nitrogens with one attached hydrogen (secondary N) is 2. The van der Waals surface area contributed by atoms with Gasteiger partial charge in [-0.1, -0.05) is 36.4 Å². The fourth-order valence-electron chi connectivity index (χ4n) is 2.95. The molecule has 2 N–H and O–H groups in total. The number of hydrogen-bond donors (Lipinski definition) is 2. The van der Waals surface area contributed by atoms with Gasteiger partial charge in [0.2, 0.25) is 6.79 Å². The van der Waals surface area contributed by atoms with Crippen molar-refractivity contribution in [2.45, 2.75) is 13.0 Å². The van der Waals surface area contributed by atoms with Crippen LogP contribution in [-0.4, -0.2) is 23.6 Å². The van der Waals surface area contributed by atoms with E-state index in [0.29, 0.717) is 17.2 Å². The van der Waals surface area contributed by atoms with E-state index in [4.69, 9.17) is 9.47 Å². The average molecular weight is 389 g/mol. The molecule has 0 spiro atoms. The quantitative estimate of drug-likeness (QED) is 0.697. The van der Waals surface area contributed by atoms with E-state index in [1.54, 1.807) is 36.4 Å². The van der Waals surface area contributed by atoms with Crippen molar-refractivity contribution in [1.82, 2.24) is 10.3 Å². The summed E-state index contributed by atoms with van der Waals surface area (Å²) in [7, 11) is 0. The van der Waals surface area contributed by atoms with E-state index >= 15 is 0 Å².